The van der Waals surface area contributed by atoms with Gasteiger partial charge in [0.05, 0.1) is 0 Å². The van der Waals surface area contributed by atoms with Crippen LogP contribution in [0.1, 0.15) is 12.5 Å². The summed E-state index contributed by atoms with van der Waals surface area (Å²) in [5.74, 6) is -0.567. The van der Waals surface area contributed by atoms with Crippen LogP contribution in [-0.4, -0.2) is 30.1 Å². The lowest BCUT2D eigenvalue weighted by molar-refractivity contribution is -0.139. The minimum atomic E-state index is -1.01. The highest BCUT2D eigenvalue weighted by atomic mass is 16.5. The summed E-state index contributed by atoms with van der Waals surface area (Å²) in [4.78, 5) is 20.9. The Labute approximate surface area is 105 Å². The molecule has 0 unspecified atom stereocenters. The van der Waals surface area contributed by atoms with E-state index in [0.717, 1.165) is 5.56 Å². The first-order valence-corrected chi connectivity index (χ1v) is 5.43. The van der Waals surface area contributed by atoms with Gasteiger partial charge in [-0.25, -0.2) is 4.79 Å². The molecule has 0 fully saturated rings. The molecule has 1 aromatic rings. The summed E-state index contributed by atoms with van der Waals surface area (Å²) in [5, 5.41) is 11.1. The Morgan fingerprint density at radius 3 is 2.56 bits per heavy atom. The van der Waals surface area contributed by atoms with E-state index in [1.165, 1.54) is 6.92 Å². The Morgan fingerprint density at radius 2 is 2.00 bits per heavy atom. The molecule has 96 valence electrons. The van der Waals surface area contributed by atoms with Crippen molar-refractivity contribution >= 4 is 18.0 Å². The van der Waals surface area contributed by atoms with Crippen molar-refractivity contribution in [1.82, 2.24) is 5.32 Å². The third kappa shape index (κ3) is 5.69. The van der Waals surface area contributed by atoms with Gasteiger partial charge in [0.2, 0.25) is 5.91 Å². The Morgan fingerprint density at radius 1 is 1.33 bits per heavy atom. The van der Waals surface area contributed by atoms with E-state index >= 15 is 0 Å². The van der Waals surface area contributed by atoms with Gasteiger partial charge in [0.15, 0.2) is 6.61 Å². The fourth-order valence-corrected chi connectivity index (χ4v) is 1.22. The third-order valence-electron chi connectivity index (χ3n) is 2.02. The second kappa shape index (κ2) is 7.11. The molecule has 1 rings (SSSR count). The number of amides is 1. The molecule has 0 aliphatic carbocycles. The van der Waals surface area contributed by atoms with E-state index in [1.54, 1.807) is 24.3 Å². The molecule has 0 saturated carbocycles. The van der Waals surface area contributed by atoms with Crippen LogP contribution in [0.15, 0.2) is 30.3 Å². The van der Waals surface area contributed by atoms with Gasteiger partial charge in [-0.1, -0.05) is 24.3 Å². The minimum Gasteiger partial charge on any atom is -0.482 e. The number of hydrogen-bond acceptors (Lipinski definition) is 3. The average Bonchev–Trinajstić information content (AvgIpc) is 2.33. The summed E-state index contributed by atoms with van der Waals surface area (Å²) >= 11 is 0. The Hall–Kier alpha value is -2.30. The molecule has 1 aromatic carbocycles. The first kappa shape index (κ1) is 13.8. The number of carboxylic acid groups (broad SMARTS) is 1. The van der Waals surface area contributed by atoms with Crippen LogP contribution in [0, 0.1) is 0 Å². The number of rotatable bonds is 6. The van der Waals surface area contributed by atoms with Crippen LogP contribution in [0.5, 0.6) is 5.75 Å². The predicted octanol–water partition coefficient (Wildman–Crippen LogP) is 1.30. The van der Waals surface area contributed by atoms with Crippen LogP contribution in [0.25, 0.3) is 6.08 Å². The van der Waals surface area contributed by atoms with Crippen LogP contribution >= 0.6 is 0 Å². The molecule has 18 heavy (non-hydrogen) atoms. The molecule has 5 heteroatoms. The number of aliphatic carboxylic acids is 1. The Balaban J connectivity index is 2.44. The zero-order valence-corrected chi connectivity index (χ0v) is 10.1. The lowest BCUT2D eigenvalue weighted by atomic mass is 10.2. The van der Waals surface area contributed by atoms with Gasteiger partial charge in [0, 0.05) is 13.5 Å². The van der Waals surface area contributed by atoms with Gasteiger partial charge in [-0.2, -0.15) is 0 Å². The highest BCUT2D eigenvalue weighted by Gasteiger charge is 1.98. The third-order valence-corrected chi connectivity index (χ3v) is 2.02. The molecule has 1 amide bonds. The molecule has 0 saturated heterocycles. The molecular weight excluding hydrogens is 234 g/mol. The molecule has 0 aliphatic rings. The topological polar surface area (TPSA) is 75.6 Å². The number of hydrogen-bond donors (Lipinski definition) is 2. The molecule has 0 aromatic heterocycles. The van der Waals surface area contributed by atoms with Gasteiger partial charge in [-0.3, -0.25) is 4.79 Å². The summed E-state index contributed by atoms with van der Waals surface area (Å²) in [5.41, 5.74) is 0.947. The van der Waals surface area contributed by atoms with Gasteiger partial charge < -0.3 is 15.2 Å². The summed E-state index contributed by atoms with van der Waals surface area (Å²) in [6, 6.07) is 7.00. The maximum atomic E-state index is 10.6. The zero-order valence-electron chi connectivity index (χ0n) is 10.1. The summed E-state index contributed by atoms with van der Waals surface area (Å²) < 4.78 is 5.00. The van der Waals surface area contributed by atoms with Gasteiger partial charge in [-0.15, -0.1) is 0 Å². The fraction of sp³-hybridized carbons (Fsp3) is 0.231. The Bertz CT molecular complexity index is 437. The molecule has 0 bridgehead atoms. The van der Waals surface area contributed by atoms with Crippen molar-refractivity contribution in [2.24, 2.45) is 0 Å². The second-order valence-corrected chi connectivity index (χ2v) is 3.59. The van der Waals surface area contributed by atoms with Crippen molar-refractivity contribution in [2.75, 3.05) is 13.2 Å². The highest BCUT2D eigenvalue weighted by Crippen LogP contribution is 2.12. The van der Waals surface area contributed by atoms with E-state index in [0.29, 0.717) is 12.3 Å². The predicted molar refractivity (Wildman–Crippen MR) is 67.3 cm³/mol. The molecule has 2 N–H and O–H groups in total. The molecule has 5 nitrogen and oxygen atoms in total. The number of carbonyl (C=O) groups excluding carboxylic acids is 1. The highest BCUT2D eigenvalue weighted by molar-refractivity contribution is 5.73. The number of nitrogens with one attached hydrogen (secondary N) is 1. The van der Waals surface area contributed by atoms with Crippen molar-refractivity contribution in [3.63, 3.8) is 0 Å². The molecular formula is C13H15NO4. The van der Waals surface area contributed by atoms with E-state index in [1.807, 2.05) is 12.2 Å². The van der Waals surface area contributed by atoms with E-state index < -0.39 is 5.97 Å². The lowest BCUT2D eigenvalue weighted by Gasteiger charge is -2.02. The van der Waals surface area contributed by atoms with E-state index in [-0.39, 0.29) is 12.5 Å². The maximum Gasteiger partial charge on any atom is 0.341 e. The normalized spacial score (nSPS) is 10.3. The number of carboxylic acids is 1. The van der Waals surface area contributed by atoms with Crippen LogP contribution in [0.4, 0.5) is 0 Å². The smallest absolute Gasteiger partial charge is 0.341 e. The van der Waals surface area contributed by atoms with Gasteiger partial charge in [0.1, 0.15) is 5.75 Å². The molecule has 0 aliphatic heterocycles. The van der Waals surface area contributed by atoms with Crippen LogP contribution < -0.4 is 10.1 Å². The number of benzene rings is 1. The van der Waals surface area contributed by atoms with Crippen LogP contribution in [-0.2, 0) is 9.59 Å². The molecule has 0 heterocycles. The lowest BCUT2D eigenvalue weighted by Crippen LogP contribution is -2.19. The van der Waals surface area contributed by atoms with Crippen molar-refractivity contribution < 1.29 is 19.4 Å². The van der Waals surface area contributed by atoms with Gasteiger partial charge in [-0.05, 0) is 17.7 Å². The molecule has 0 spiro atoms. The summed E-state index contributed by atoms with van der Waals surface area (Å²) in [6.07, 6.45) is 3.69. The number of ether oxygens (including phenoxy) is 1. The first-order chi connectivity index (χ1) is 8.58. The van der Waals surface area contributed by atoms with Crippen molar-refractivity contribution in [1.29, 1.82) is 0 Å². The summed E-state index contributed by atoms with van der Waals surface area (Å²) in [6.45, 7) is 1.59. The largest absolute Gasteiger partial charge is 0.482 e. The van der Waals surface area contributed by atoms with Gasteiger partial charge in [0.25, 0.3) is 0 Å². The fourth-order valence-electron chi connectivity index (χ4n) is 1.22. The van der Waals surface area contributed by atoms with Crippen LogP contribution in [0.2, 0.25) is 0 Å². The van der Waals surface area contributed by atoms with Crippen LogP contribution in [0.3, 0.4) is 0 Å². The number of carbonyl (C=O) groups is 2. The van der Waals surface area contributed by atoms with E-state index in [9.17, 15) is 9.59 Å². The Kier molecular flexibility index (Phi) is 5.44. The minimum absolute atomic E-state index is 0.0722. The van der Waals surface area contributed by atoms with Crippen molar-refractivity contribution in [3.8, 4) is 5.75 Å². The first-order valence-electron chi connectivity index (χ1n) is 5.43. The summed E-state index contributed by atoms with van der Waals surface area (Å²) in [7, 11) is 0. The standard InChI is InChI=1S/C13H15NO4/c1-10(15)14-8-2-3-11-4-6-12(7-5-11)18-9-13(16)17/h2-7H,8-9H2,1H3,(H,14,15)(H,16,17). The van der Waals surface area contributed by atoms with E-state index in [4.69, 9.17) is 9.84 Å². The van der Waals surface area contributed by atoms with Crippen molar-refractivity contribution in [3.05, 3.63) is 35.9 Å². The molecule has 0 atom stereocenters. The van der Waals surface area contributed by atoms with Crippen molar-refractivity contribution in [2.45, 2.75) is 6.92 Å². The van der Waals surface area contributed by atoms with Gasteiger partial charge >= 0.3 is 5.97 Å². The maximum absolute atomic E-state index is 10.6. The quantitative estimate of drug-likeness (QED) is 0.796. The monoisotopic (exact) mass is 249 g/mol. The average molecular weight is 249 g/mol. The van der Waals surface area contributed by atoms with E-state index in [2.05, 4.69) is 5.32 Å². The zero-order chi connectivity index (χ0) is 13.4. The SMILES string of the molecule is CC(=O)NCC=Cc1ccc(OCC(=O)O)cc1. The molecule has 0 radical (unpaired) electrons. The second-order valence-electron chi connectivity index (χ2n) is 3.59.